The van der Waals surface area contributed by atoms with Crippen molar-refractivity contribution in [3.63, 3.8) is 0 Å². The van der Waals surface area contributed by atoms with Crippen LogP contribution in [-0.4, -0.2) is 58.4 Å². The van der Waals surface area contributed by atoms with Gasteiger partial charge in [-0.25, -0.2) is 0 Å². The number of likely N-dealkylation sites (tertiary alicyclic amines) is 1. The maximum Gasteiger partial charge on any atom is 0.253 e. The highest BCUT2D eigenvalue weighted by Crippen LogP contribution is 2.25. The summed E-state index contributed by atoms with van der Waals surface area (Å²) in [6.45, 7) is 0.952. The number of halogens is 1. The smallest absolute Gasteiger partial charge is 0.253 e. The number of carbonyl (C=O) groups is 1. The van der Waals surface area contributed by atoms with Gasteiger partial charge in [-0.3, -0.25) is 4.79 Å². The monoisotopic (exact) mass is 366 g/mol. The van der Waals surface area contributed by atoms with Crippen molar-refractivity contribution in [2.24, 2.45) is 0 Å². The van der Waals surface area contributed by atoms with Crippen LogP contribution in [0.3, 0.4) is 0 Å². The molecule has 0 bridgehead atoms. The Kier molecular flexibility index (Phi) is 6.00. The third kappa shape index (κ3) is 4.53. The molecule has 0 aromatic heterocycles. The molecule has 1 saturated carbocycles. The molecular weight excluding hydrogens is 340 g/mol. The van der Waals surface area contributed by atoms with Crippen molar-refractivity contribution < 1.29 is 15.0 Å². The van der Waals surface area contributed by atoms with E-state index in [0.29, 0.717) is 36.1 Å². The lowest BCUT2D eigenvalue weighted by Crippen LogP contribution is -2.61. The molecular formula is C19H27ClN2O3. The van der Waals surface area contributed by atoms with Crippen LogP contribution < -0.4 is 5.32 Å². The van der Waals surface area contributed by atoms with Crippen LogP contribution in [0.15, 0.2) is 24.3 Å². The first kappa shape index (κ1) is 18.6. The fourth-order valence-corrected chi connectivity index (χ4v) is 3.88. The Bertz CT molecular complexity index is 589. The summed E-state index contributed by atoms with van der Waals surface area (Å²) in [5, 5.41) is 25.3. The summed E-state index contributed by atoms with van der Waals surface area (Å²) in [7, 11) is 0. The van der Waals surface area contributed by atoms with E-state index in [9.17, 15) is 15.0 Å². The maximum absolute atomic E-state index is 12.5. The predicted molar refractivity (Wildman–Crippen MR) is 97.8 cm³/mol. The number of piperidine rings is 1. The van der Waals surface area contributed by atoms with Crippen LogP contribution in [-0.2, 0) is 0 Å². The first-order chi connectivity index (χ1) is 12.0. The molecule has 3 N–H and O–H groups in total. The average molecular weight is 367 g/mol. The molecule has 6 heteroatoms. The minimum absolute atomic E-state index is 0.141. The number of β-amino-alcohol motifs (C(OH)–C–C–N with tert-alkyl or cyclic N) is 1. The highest BCUT2D eigenvalue weighted by Gasteiger charge is 2.42. The molecule has 2 fully saturated rings. The van der Waals surface area contributed by atoms with E-state index in [1.165, 1.54) is 19.3 Å². The molecule has 3 rings (SSSR count). The molecule has 0 spiro atoms. The summed E-state index contributed by atoms with van der Waals surface area (Å²) >= 11 is 5.86. The van der Waals surface area contributed by atoms with Gasteiger partial charge in [-0.1, -0.05) is 30.9 Å². The molecule has 1 aromatic rings. The Morgan fingerprint density at radius 3 is 2.56 bits per heavy atom. The maximum atomic E-state index is 12.5. The molecule has 1 heterocycles. The van der Waals surface area contributed by atoms with Crippen LogP contribution in [0.5, 0.6) is 0 Å². The highest BCUT2D eigenvalue weighted by atomic mass is 35.5. The third-order valence-corrected chi connectivity index (χ3v) is 5.76. The molecule has 1 aliphatic heterocycles. The van der Waals surface area contributed by atoms with E-state index in [1.54, 1.807) is 29.2 Å². The SMILES string of the molecule is O=C(c1ccc(Cl)cc1)N1CC[C@](O)(CNC2CCCCC2)[C@@H](O)C1. The largest absolute Gasteiger partial charge is 0.388 e. The number of amides is 1. The Balaban J connectivity index is 1.55. The first-order valence-corrected chi connectivity index (χ1v) is 9.54. The Hall–Kier alpha value is -1.14. The molecule has 1 aromatic carbocycles. The van der Waals surface area contributed by atoms with Gasteiger partial charge in [0.25, 0.3) is 5.91 Å². The topological polar surface area (TPSA) is 72.8 Å². The van der Waals surface area contributed by atoms with Gasteiger partial charge in [0, 0.05) is 36.3 Å². The molecule has 2 atom stereocenters. The summed E-state index contributed by atoms with van der Waals surface area (Å²) in [5.74, 6) is -0.141. The average Bonchev–Trinajstić information content (AvgIpc) is 2.63. The molecule has 1 aliphatic carbocycles. The van der Waals surface area contributed by atoms with Crippen LogP contribution in [0.25, 0.3) is 0 Å². The van der Waals surface area contributed by atoms with E-state index in [0.717, 1.165) is 12.8 Å². The van der Waals surface area contributed by atoms with Crippen LogP contribution in [0.1, 0.15) is 48.9 Å². The van der Waals surface area contributed by atoms with E-state index < -0.39 is 11.7 Å². The number of carbonyl (C=O) groups excluding carboxylic acids is 1. The lowest BCUT2D eigenvalue weighted by molar-refractivity contribution is -0.111. The number of nitrogens with one attached hydrogen (secondary N) is 1. The second-order valence-electron chi connectivity index (χ2n) is 7.34. The molecule has 0 unspecified atom stereocenters. The highest BCUT2D eigenvalue weighted by molar-refractivity contribution is 6.30. The molecule has 25 heavy (non-hydrogen) atoms. The Morgan fingerprint density at radius 1 is 1.24 bits per heavy atom. The molecule has 1 saturated heterocycles. The third-order valence-electron chi connectivity index (χ3n) is 5.51. The van der Waals surface area contributed by atoms with E-state index in [-0.39, 0.29) is 12.5 Å². The first-order valence-electron chi connectivity index (χ1n) is 9.17. The number of rotatable bonds is 4. The van der Waals surface area contributed by atoms with Gasteiger partial charge in [0.1, 0.15) is 11.7 Å². The van der Waals surface area contributed by atoms with Gasteiger partial charge in [-0.05, 0) is 43.5 Å². The quantitative estimate of drug-likeness (QED) is 0.763. The van der Waals surface area contributed by atoms with Gasteiger partial charge < -0.3 is 20.4 Å². The van der Waals surface area contributed by atoms with E-state index in [1.807, 2.05) is 0 Å². The van der Waals surface area contributed by atoms with E-state index >= 15 is 0 Å². The second kappa shape index (κ2) is 8.04. The number of hydrogen-bond acceptors (Lipinski definition) is 4. The summed E-state index contributed by atoms with van der Waals surface area (Å²) in [6.07, 6.45) is 5.42. The van der Waals surface area contributed by atoms with Crippen molar-refractivity contribution in [2.45, 2.75) is 56.3 Å². The van der Waals surface area contributed by atoms with Gasteiger partial charge in [-0.15, -0.1) is 0 Å². The number of nitrogens with zero attached hydrogens (tertiary/aromatic N) is 1. The van der Waals surface area contributed by atoms with Crippen molar-refractivity contribution in [2.75, 3.05) is 19.6 Å². The van der Waals surface area contributed by atoms with Crippen LogP contribution in [0, 0.1) is 0 Å². The number of hydrogen-bond donors (Lipinski definition) is 3. The predicted octanol–water partition coefficient (Wildman–Crippen LogP) is 2.20. The summed E-state index contributed by atoms with van der Waals surface area (Å²) in [4.78, 5) is 14.1. The van der Waals surface area contributed by atoms with Crippen LogP contribution in [0.4, 0.5) is 0 Å². The molecule has 138 valence electrons. The Morgan fingerprint density at radius 2 is 1.92 bits per heavy atom. The lowest BCUT2D eigenvalue weighted by atomic mass is 9.87. The fraction of sp³-hybridized carbons (Fsp3) is 0.632. The van der Waals surface area contributed by atoms with Crippen molar-refractivity contribution >= 4 is 17.5 Å². The zero-order valence-electron chi connectivity index (χ0n) is 14.5. The van der Waals surface area contributed by atoms with Gasteiger partial charge in [0.2, 0.25) is 0 Å². The fourth-order valence-electron chi connectivity index (χ4n) is 3.76. The van der Waals surface area contributed by atoms with Gasteiger partial charge in [0.05, 0.1) is 0 Å². The van der Waals surface area contributed by atoms with Crippen LogP contribution >= 0.6 is 11.6 Å². The minimum atomic E-state index is -1.17. The van der Waals surface area contributed by atoms with Crippen molar-refractivity contribution in [3.8, 4) is 0 Å². The van der Waals surface area contributed by atoms with Gasteiger partial charge in [-0.2, -0.15) is 0 Å². The molecule has 0 radical (unpaired) electrons. The Labute approximate surface area is 154 Å². The normalized spacial score (nSPS) is 28.1. The van der Waals surface area contributed by atoms with Crippen molar-refractivity contribution in [1.82, 2.24) is 10.2 Å². The van der Waals surface area contributed by atoms with Crippen molar-refractivity contribution in [3.05, 3.63) is 34.9 Å². The summed E-state index contributed by atoms with van der Waals surface area (Å²) < 4.78 is 0. The summed E-state index contributed by atoms with van der Waals surface area (Å²) in [6, 6.07) is 7.16. The van der Waals surface area contributed by atoms with E-state index in [2.05, 4.69) is 5.32 Å². The molecule has 2 aliphatic rings. The van der Waals surface area contributed by atoms with Gasteiger partial charge >= 0.3 is 0 Å². The minimum Gasteiger partial charge on any atom is -0.388 e. The number of aliphatic hydroxyl groups is 2. The van der Waals surface area contributed by atoms with Gasteiger partial charge in [0.15, 0.2) is 0 Å². The van der Waals surface area contributed by atoms with Crippen molar-refractivity contribution in [1.29, 1.82) is 0 Å². The second-order valence-corrected chi connectivity index (χ2v) is 7.78. The molecule has 5 nitrogen and oxygen atoms in total. The number of benzene rings is 1. The van der Waals surface area contributed by atoms with E-state index in [4.69, 9.17) is 11.6 Å². The number of aliphatic hydroxyl groups excluding tert-OH is 1. The summed E-state index contributed by atoms with van der Waals surface area (Å²) in [5.41, 5.74) is -0.629. The zero-order chi connectivity index (χ0) is 17.9. The molecule has 1 amide bonds. The lowest BCUT2D eigenvalue weighted by Gasteiger charge is -2.43. The van der Waals surface area contributed by atoms with Crippen LogP contribution in [0.2, 0.25) is 5.02 Å². The standard InChI is InChI=1S/C19H27ClN2O3/c20-15-8-6-14(7-9-15)18(24)22-11-10-19(25,17(23)12-22)13-21-16-4-2-1-3-5-16/h6-9,16-17,21,23,25H,1-5,10-13H2/t17-,19-/m0/s1. The zero-order valence-corrected chi connectivity index (χ0v) is 15.2.